The number of carboxylic acid groups (broad SMARTS) is 1. The van der Waals surface area contributed by atoms with E-state index in [0.29, 0.717) is 25.8 Å². The molecule has 0 radical (unpaired) electrons. The van der Waals surface area contributed by atoms with Gasteiger partial charge in [0.05, 0.1) is 0 Å². The molecule has 96 valence electrons. The molecule has 0 saturated heterocycles. The van der Waals surface area contributed by atoms with E-state index in [1.807, 2.05) is 0 Å². The first-order chi connectivity index (χ1) is 8.11. The lowest BCUT2D eigenvalue weighted by Crippen LogP contribution is -2.40. The van der Waals surface area contributed by atoms with Crippen molar-refractivity contribution < 1.29 is 19.4 Å². The highest BCUT2D eigenvalue weighted by Crippen LogP contribution is 2.01. The number of nitrogens with one attached hydrogen (secondary N) is 1. The van der Waals surface area contributed by atoms with Crippen LogP contribution in [0, 0.1) is 12.0 Å². The summed E-state index contributed by atoms with van der Waals surface area (Å²) >= 11 is 0. The predicted octanol–water partition coefficient (Wildman–Crippen LogP) is 0.666. The zero-order valence-electron chi connectivity index (χ0n) is 9.86. The van der Waals surface area contributed by atoms with Gasteiger partial charge >= 0.3 is 12.1 Å². The SMILES string of the molecule is CCC#COC(=O)N[C@@H](CCCCN)C(=O)O. The van der Waals surface area contributed by atoms with Crippen molar-refractivity contribution in [3.8, 4) is 12.0 Å². The molecule has 6 nitrogen and oxygen atoms in total. The second-order valence-electron chi connectivity index (χ2n) is 3.34. The van der Waals surface area contributed by atoms with Crippen molar-refractivity contribution in [2.45, 2.75) is 38.6 Å². The molecule has 1 atom stereocenters. The summed E-state index contributed by atoms with van der Waals surface area (Å²) in [5.41, 5.74) is 5.30. The molecule has 0 heterocycles. The van der Waals surface area contributed by atoms with Crippen molar-refractivity contribution in [3.05, 3.63) is 0 Å². The Balaban J connectivity index is 4.06. The molecule has 4 N–H and O–H groups in total. The van der Waals surface area contributed by atoms with Crippen LogP contribution < -0.4 is 11.1 Å². The summed E-state index contributed by atoms with van der Waals surface area (Å²) in [6, 6.07) is -0.961. The second-order valence-corrected chi connectivity index (χ2v) is 3.34. The van der Waals surface area contributed by atoms with E-state index in [-0.39, 0.29) is 0 Å². The van der Waals surface area contributed by atoms with E-state index >= 15 is 0 Å². The topological polar surface area (TPSA) is 102 Å². The standard InChI is InChI=1S/C11H18N2O4/c1-2-3-8-17-11(16)13-9(10(14)15)6-4-5-7-12/h9H,2,4-7,12H2,1H3,(H,13,16)(H,14,15)/t9-/m0/s1. The molecule has 0 aliphatic carbocycles. The fourth-order valence-corrected chi connectivity index (χ4v) is 1.08. The minimum absolute atomic E-state index is 0.322. The highest BCUT2D eigenvalue weighted by molar-refractivity contribution is 5.80. The summed E-state index contributed by atoms with van der Waals surface area (Å²) in [7, 11) is 0. The highest BCUT2D eigenvalue weighted by atomic mass is 16.5. The number of amides is 1. The van der Waals surface area contributed by atoms with Gasteiger partial charge in [-0.15, -0.1) is 0 Å². The Hall–Kier alpha value is -1.74. The van der Waals surface area contributed by atoms with Crippen LogP contribution >= 0.6 is 0 Å². The number of carboxylic acids is 1. The average Bonchev–Trinajstić information content (AvgIpc) is 2.28. The zero-order valence-corrected chi connectivity index (χ0v) is 9.86. The molecule has 0 aromatic carbocycles. The summed E-state index contributed by atoms with van der Waals surface area (Å²) < 4.78 is 4.47. The maximum atomic E-state index is 11.1. The van der Waals surface area contributed by atoms with Gasteiger partial charge in [-0.1, -0.05) is 12.8 Å². The van der Waals surface area contributed by atoms with Crippen LogP contribution in [0.4, 0.5) is 4.79 Å². The third-order valence-corrected chi connectivity index (χ3v) is 1.93. The first-order valence-electron chi connectivity index (χ1n) is 5.49. The molecule has 0 spiro atoms. The number of unbranched alkanes of at least 4 members (excludes halogenated alkanes) is 1. The Bertz CT molecular complexity index is 306. The fourth-order valence-electron chi connectivity index (χ4n) is 1.08. The van der Waals surface area contributed by atoms with Crippen molar-refractivity contribution in [1.82, 2.24) is 5.32 Å². The molecule has 0 bridgehead atoms. The lowest BCUT2D eigenvalue weighted by Gasteiger charge is -2.12. The Morgan fingerprint density at radius 1 is 1.47 bits per heavy atom. The molecule has 0 aromatic rings. The van der Waals surface area contributed by atoms with Crippen LogP contribution in [0.3, 0.4) is 0 Å². The normalized spacial score (nSPS) is 10.9. The van der Waals surface area contributed by atoms with E-state index in [2.05, 4.69) is 22.1 Å². The van der Waals surface area contributed by atoms with Crippen molar-refractivity contribution in [3.63, 3.8) is 0 Å². The van der Waals surface area contributed by atoms with E-state index < -0.39 is 18.1 Å². The number of nitrogens with two attached hydrogens (primary N) is 1. The molecule has 0 unspecified atom stereocenters. The van der Waals surface area contributed by atoms with Crippen molar-refractivity contribution in [1.29, 1.82) is 0 Å². The van der Waals surface area contributed by atoms with Gasteiger partial charge in [0.1, 0.15) is 12.1 Å². The van der Waals surface area contributed by atoms with Gasteiger partial charge in [-0.2, -0.15) is 0 Å². The van der Waals surface area contributed by atoms with Gasteiger partial charge in [0.25, 0.3) is 0 Å². The monoisotopic (exact) mass is 242 g/mol. The van der Waals surface area contributed by atoms with E-state index in [1.54, 1.807) is 6.92 Å². The number of carbonyl (C=O) groups excluding carboxylic acids is 1. The maximum absolute atomic E-state index is 11.1. The van der Waals surface area contributed by atoms with Crippen LogP contribution in [0.5, 0.6) is 0 Å². The van der Waals surface area contributed by atoms with Crippen molar-refractivity contribution >= 4 is 12.1 Å². The maximum Gasteiger partial charge on any atom is 0.421 e. The Morgan fingerprint density at radius 3 is 2.71 bits per heavy atom. The van der Waals surface area contributed by atoms with E-state index in [0.717, 1.165) is 6.42 Å². The number of hydrogen-bond donors (Lipinski definition) is 3. The fraction of sp³-hybridized carbons (Fsp3) is 0.636. The minimum Gasteiger partial charge on any atom is -0.480 e. The molecule has 17 heavy (non-hydrogen) atoms. The molecule has 0 aliphatic rings. The predicted molar refractivity (Wildman–Crippen MR) is 62.0 cm³/mol. The lowest BCUT2D eigenvalue weighted by atomic mass is 10.1. The molecule has 0 fully saturated rings. The van der Waals surface area contributed by atoms with Crippen molar-refractivity contribution in [2.24, 2.45) is 5.73 Å². The molecular formula is C11H18N2O4. The van der Waals surface area contributed by atoms with Crippen LogP contribution in [0.2, 0.25) is 0 Å². The Kier molecular flexibility index (Phi) is 8.51. The van der Waals surface area contributed by atoms with Crippen LogP contribution in [0.25, 0.3) is 0 Å². The molecular weight excluding hydrogens is 224 g/mol. The third-order valence-electron chi connectivity index (χ3n) is 1.93. The summed E-state index contributed by atoms with van der Waals surface area (Å²) in [6.45, 7) is 2.31. The quantitative estimate of drug-likeness (QED) is 0.469. The Labute approximate surface area is 101 Å². The third kappa shape index (κ3) is 8.11. The van der Waals surface area contributed by atoms with Crippen molar-refractivity contribution in [2.75, 3.05) is 6.54 Å². The van der Waals surface area contributed by atoms with Gasteiger partial charge in [-0.05, 0) is 25.8 Å². The van der Waals surface area contributed by atoms with Gasteiger partial charge in [0.15, 0.2) is 0 Å². The van der Waals surface area contributed by atoms with Crippen LogP contribution in [-0.4, -0.2) is 29.8 Å². The van der Waals surface area contributed by atoms with E-state index in [9.17, 15) is 9.59 Å². The smallest absolute Gasteiger partial charge is 0.421 e. The molecule has 6 heteroatoms. The molecule has 0 rings (SSSR count). The Morgan fingerprint density at radius 2 is 2.18 bits per heavy atom. The number of alkyl carbamates (subject to hydrolysis) is 1. The van der Waals surface area contributed by atoms with E-state index in [1.165, 1.54) is 0 Å². The summed E-state index contributed by atoms with van der Waals surface area (Å²) in [5.74, 6) is 1.44. The van der Waals surface area contributed by atoms with Gasteiger partial charge in [0, 0.05) is 6.42 Å². The van der Waals surface area contributed by atoms with Crippen LogP contribution in [0.15, 0.2) is 0 Å². The molecule has 0 aromatic heterocycles. The average molecular weight is 242 g/mol. The number of ether oxygens (including phenoxy) is 1. The van der Waals surface area contributed by atoms with Gasteiger partial charge < -0.3 is 20.9 Å². The molecule has 0 aliphatic heterocycles. The first-order valence-corrected chi connectivity index (χ1v) is 5.49. The van der Waals surface area contributed by atoms with Gasteiger partial charge in [-0.25, -0.2) is 9.59 Å². The number of rotatable bonds is 6. The highest BCUT2D eigenvalue weighted by Gasteiger charge is 2.19. The van der Waals surface area contributed by atoms with Gasteiger partial charge in [-0.3, -0.25) is 0 Å². The number of hydrogen-bond acceptors (Lipinski definition) is 4. The lowest BCUT2D eigenvalue weighted by molar-refractivity contribution is -0.139. The number of carbonyl (C=O) groups is 2. The molecule has 1 amide bonds. The largest absolute Gasteiger partial charge is 0.480 e. The summed E-state index contributed by atoms with van der Waals surface area (Å²) in [6.07, 6.45) is 3.57. The van der Waals surface area contributed by atoms with Crippen LogP contribution in [0.1, 0.15) is 32.6 Å². The zero-order chi connectivity index (χ0) is 13.1. The van der Waals surface area contributed by atoms with Gasteiger partial charge in [0.2, 0.25) is 0 Å². The summed E-state index contributed by atoms with van der Waals surface area (Å²) in [4.78, 5) is 22.0. The summed E-state index contributed by atoms with van der Waals surface area (Å²) in [5, 5.41) is 11.1. The number of aliphatic carboxylic acids is 1. The minimum atomic E-state index is -1.09. The first kappa shape index (κ1) is 15.3. The van der Waals surface area contributed by atoms with E-state index in [4.69, 9.17) is 10.8 Å². The second kappa shape index (κ2) is 9.48. The van der Waals surface area contributed by atoms with Crippen LogP contribution in [-0.2, 0) is 9.53 Å². The molecule has 0 saturated carbocycles.